The molecule has 2 N–H and O–H groups in total. The van der Waals surface area contributed by atoms with Crippen molar-refractivity contribution >= 4 is 10.0 Å². The Bertz CT molecular complexity index is 1110. The molecule has 8 nitrogen and oxygen atoms in total. The van der Waals surface area contributed by atoms with Crippen LogP contribution in [-0.2, 0) is 23.0 Å². The molecule has 3 aromatic rings. The molecule has 0 spiro atoms. The summed E-state index contributed by atoms with van der Waals surface area (Å²) in [5, 5.41) is 0. The van der Waals surface area contributed by atoms with Crippen LogP contribution < -0.4 is 11.2 Å². The fourth-order valence-electron chi connectivity index (χ4n) is 2.58. The van der Waals surface area contributed by atoms with Crippen molar-refractivity contribution < 1.29 is 8.42 Å². The molecule has 2 aromatic heterocycles. The highest BCUT2D eigenvalue weighted by molar-refractivity contribution is 7.89. The summed E-state index contributed by atoms with van der Waals surface area (Å²) in [6.07, 6.45) is 2.95. The van der Waals surface area contributed by atoms with Crippen LogP contribution in [0.5, 0.6) is 0 Å². The molecule has 0 aliphatic heterocycles. The standard InChI is InChI=1S/C18H18N4O4S/c23-17-16(12-20-18(24)21-17)27(25,26)22(13-14-6-2-1-3-7-14)11-9-15-8-4-5-10-19-15/h1-8,10,12H,9,11,13H2,(H2,20,21,23,24). The monoisotopic (exact) mass is 386 g/mol. The van der Waals surface area contributed by atoms with Crippen LogP contribution in [0.1, 0.15) is 11.3 Å². The van der Waals surface area contributed by atoms with Crippen LogP contribution in [0.15, 0.2) is 75.4 Å². The molecule has 1 aromatic carbocycles. The maximum absolute atomic E-state index is 13.1. The number of hydrogen-bond acceptors (Lipinski definition) is 5. The summed E-state index contributed by atoms with van der Waals surface area (Å²) in [7, 11) is -4.13. The van der Waals surface area contributed by atoms with Crippen molar-refractivity contribution in [3.8, 4) is 0 Å². The average molecular weight is 386 g/mol. The summed E-state index contributed by atoms with van der Waals surface area (Å²) < 4.78 is 27.3. The van der Waals surface area contributed by atoms with E-state index in [1.165, 1.54) is 4.31 Å². The van der Waals surface area contributed by atoms with Gasteiger partial charge >= 0.3 is 5.69 Å². The van der Waals surface area contributed by atoms with E-state index in [-0.39, 0.29) is 13.1 Å². The Morgan fingerprint density at radius 1 is 1.00 bits per heavy atom. The Morgan fingerprint density at radius 2 is 1.74 bits per heavy atom. The van der Waals surface area contributed by atoms with Gasteiger partial charge in [-0.2, -0.15) is 4.31 Å². The molecule has 3 rings (SSSR count). The molecular formula is C18H18N4O4S. The molecular weight excluding hydrogens is 368 g/mol. The van der Waals surface area contributed by atoms with Gasteiger partial charge < -0.3 is 4.98 Å². The second-order valence-electron chi connectivity index (χ2n) is 5.83. The Kier molecular flexibility index (Phi) is 5.63. The van der Waals surface area contributed by atoms with E-state index in [0.717, 1.165) is 17.5 Å². The SMILES string of the molecule is O=c1[nH]cc(S(=O)(=O)N(CCc2ccccn2)Cc2ccccc2)c(=O)[nH]1. The zero-order valence-electron chi connectivity index (χ0n) is 14.3. The van der Waals surface area contributed by atoms with E-state index in [2.05, 4.69) is 9.97 Å². The van der Waals surface area contributed by atoms with Crippen LogP contribution in [0.2, 0.25) is 0 Å². The van der Waals surface area contributed by atoms with Crippen molar-refractivity contribution in [1.29, 1.82) is 0 Å². The fraction of sp³-hybridized carbons (Fsp3) is 0.167. The number of H-pyrrole nitrogens is 2. The van der Waals surface area contributed by atoms with E-state index in [1.807, 2.05) is 29.2 Å². The van der Waals surface area contributed by atoms with E-state index in [0.29, 0.717) is 6.42 Å². The van der Waals surface area contributed by atoms with E-state index in [9.17, 15) is 18.0 Å². The van der Waals surface area contributed by atoms with Crippen LogP contribution in [-0.4, -0.2) is 34.2 Å². The summed E-state index contributed by atoms with van der Waals surface area (Å²) in [6, 6.07) is 14.5. The number of aromatic nitrogens is 3. The van der Waals surface area contributed by atoms with Crippen molar-refractivity contribution in [2.45, 2.75) is 17.9 Å². The number of pyridine rings is 1. The van der Waals surface area contributed by atoms with Gasteiger partial charge in [-0.25, -0.2) is 13.2 Å². The topological polar surface area (TPSA) is 116 Å². The molecule has 0 atom stereocenters. The third-order valence-corrected chi connectivity index (χ3v) is 5.80. The molecule has 140 valence electrons. The number of nitrogens with zero attached hydrogens (tertiary/aromatic N) is 2. The van der Waals surface area contributed by atoms with E-state index >= 15 is 0 Å². The summed E-state index contributed by atoms with van der Waals surface area (Å²) >= 11 is 0. The summed E-state index contributed by atoms with van der Waals surface area (Å²) in [4.78, 5) is 31.1. The molecule has 27 heavy (non-hydrogen) atoms. The maximum atomic E-state index is 13.1. The number of nitrogens with one attached hydrogen (secondary N) is 2. The van der Waals surface area contributed by atoms with Gasteiger partial charge in [0.05, 0.1) is 0 Å². The van der Waals surface area contributed by atoms with Crippen LogP contribution in [0.3, 0.4) is 0 Å². The first-order chi connectivity index (χ1) is 13.0. The Labute approximate surface area is 155 Å². The molecule has 0 fully saturated rings. The molecule has 0 aliphatic rings. The zero-order valence-corrected chi connectivity index (χ0v) is 15.1. The summed E-state index contributed by atoms with van der Waals surface area (Å²) in [5.41, 5.74) is -0.194. The van der Waals surface area contributed by atoms with Gasteiger partial charge in [-0.05, 0) is 17.7 Å². The molecule has 0 saturated heterocycles. The minimum atomic E-state index is -4.13. The first-order valence-corrected chi connectivity index (χ1v) is 9.67. The van der Waals surface area contributed by atoms with Crippen molar-refractivity contribution in [3.05, 3.63) is 93.0 Å². The highest BCUT2D eigenvalue weighted by atomic mass is 32.2. The maximum Gasteiger partial charge on any atom is 0.325 e. The van der Waals surface area contributed by atoms with Gasteiger partial charge in [0.2, 0.25) is 10.0 Å². The second kappa shape index (κ2) is 8.11. The van der Waals surface area contributed by atoms with Gasteiger partial charge in [0.25, 0.3) is 5.56 Å². The Hall–Kier alpha value is -3.04. The highest BCUT2D eigenvalue weighted by Gasteiger charge is 2.27. The van der Waals surface area contributed by atoms with Gasteiger partial charge in [-0.15, -0.1) is 0 Å². The highest BCUT2D eigenvalue weighted by Crippen LogP contribution is 2.15. The largest absolute Gasteiger partial charge is 0.325 e. The fourth-order valence-corrected chi connectivity index (χ4v) is 4.01. The zero-order chi connectivity index (χ0) is 19.3. The van der Waals surface area contributed by atoms with Crippen molar-refractivity contribution in [2.75, 3.05) is 6.54 Å². The van der Waals surface area contributed by atoms with Crippen LogP contribution in [0.25, 0.3) is 0 Å². The quantitative estimate of drug-likeness (QED) is 0.626. The predicted molar refractivity (Wildman–Crippen MR) is 99.7 cm³/mol. The van der Waals surface area contributed by atoms with E-state index in [4.69, 9.17) is 0 Å². The van der Waals surface area contributed by atoms with Gasteiger partial charge in [0.15, 0.2) is 4.90 Å². The lowest BCUT2D eigenvalue weighted by Crippen LogP contribution is -2.37. The van der Waals surface area contributed by atoms with Crippen LogP contribution >= 0.6 is 0 Å². The molecule has 9 heteroatoms. The van der Waals surface area contributed by atoms with Crippen molar-refractivity contribution in [2.24, 2.45) is 0 Å². The third-order valence-electron chi connectivity index (χ3n) is 3.95. The minimum Gasteiger partial charge on any atom is -0.313 e. The smallest absolute Gasteiger partial charge is 0.313 e. The average Bonchev–Trinajstić information content (AvgIpc) is 2.66. The lowest BCUT2D eigenvalue weighted by Gasteiger charge is -2.21. The molecule has 0 radical (unpaired) electrons. The first-order valence-electron chi connectivity index (χ1n) is 8.23. The van der Waals surface area contributed by atoms with Gasteiger partial charge in [-0.3, -0.25) is 14.8 Å². The van der Waals surface area contributed by atoms with Crippen molar-refractivity contribution in [3.63, 3.8) is 0 Å². The second-order valence-corrected chi connectivity index (χ2v) is 7.74. The normalized spacial score (nSPS) is 11.6. The molecule has 0 bridgehead atoms. The molecule has 0 amide bonds. The minimum absolute atomic E-state index is 0.0918. The number of aromatic amines is 2. The number of benzene rings is 1. The molecule has 0 unspecified atom stereocenters. The Morgan fingerprint density at radius 3 is 2.41 bits per heavy atom. The van der Waals surface area contributed by atoms with Crippen LogP contribution in [0.4, 0.5) is 0 Å². The Balaban J connectivity index is 1.94. The first kappa shape index (κ1) is 18.7. The van der Waals surface area contributed by atoms with Gasteiger partial charge in [0, 0.05) is 37.6 Å². The van der Waals surface area contributed by atoms with E-state index < -0.39 is 26.2 Å². The van der Waals surface area contributed by atoms with Crippen molar-refractivity contribution in [1.82, 2.24) is 19.3 Å². The van der Waals surface area contributed by atoms with Gasteiger partial charge in [0.1, 0.15) is 0 Å². The number of hydrogen-bond donors (Lipinski definition) is 2. The van der Waals surface area contributed by atoms with Gasteiger partial charge in [-0.1, -0.05) is 36.4 Å². The summed E-state index contributed by atoms with van der Waals surface area (Å²) in [5.74, 6) is 0. The number of sulfonamides is 1. The molecule has 0 saturated carbocycles. The third kappa shape index (κ3) is 4.57. The lowest BCUT2D eigenvalue weighted by molar-refractivity contribution is 0.407. The van der Waals surface area contributed by atoms with Crippen LogP contribution in [0, 0.1) is 0 Å². The molecule has 0 aliphatic carbocycles. The predicted octanol–water partition coefficient (Wildman–Crippen LogP) is 0.892. The summed E-state index contributed by atoms with van der Waals surface area (Å²) in [6.45, 7) is 0.224. The lowest BCUT2D eigenvalue weighted by atomic mass is 10.2. The molecule has 2 heterocycles. The number of rotatable bonds is 7. The van der Waals surface area contributed by atoms with E-state index in [1.54, 1.807) is 30.5 Å².